The van der Waals surface area contributed by atoms with Crippen molar-refractivity contribution in [2.45, 2.75) is 45.1 Å². The second-order valence-corrected chi connectivity index (χ2v) is 4.51. The molecule has 7 nitrogen and oxygen atoms in total. The largest absolute Gasteiger partial charge is 0.459 e. The zero-order valence-electron chi connectivity index (χ0n) is 10.9. The number of hydrogen-bond donors (Lipinski definition) is 1. The highest BCUT2D eigenvalue weighted by Gasteiger charge is 2.27. The summed E-state index contributed by atoms with van der Waals surface area (Å²) in [5.41, 5.74) is 0. The predicted octanol–water partition coefficient (Wildman–Crippen LogP) is 0.969. The number of anilines is 1. The lowest BCUT2D eigenvalue weighted by molar-refractivity contribution is -0.787. The van der Waals surface area contributed by atoms with Crippen molar-refractivity contribution in [2.24, 2.45) is 0 Å². The fraction of sp³-hybridized carbons (Fsp3) is 0.667. The average molecular weight is 268 g/mol. The van der Waals surface area contributed by atoms with E-state index in [1.54, 1.807) is 17.8 Å². The molecule has 1 aromatic rings. The number of carbonyl (C=O) groups is 2. The van der Waals surface area contributed by atoms with Crippen molar-refractivity contribution in [2.75, 3.05) is 11.9 Å². The molecular formula is C12H18N3O4+. The molecule has 7 heteroatoms. The summed E-state index contributed by atoms with van der Waals surface area (Å²) in [6.07, 6.45) is 7.32. The van der Waals surface area contributed by atoms with Crippen LogP contribution in [-0.4, -0.2) is 23.8 Å². The van der Waals surface area contributed by atoms with E-state index < -0.39 is 11.9 Å². The van der Waals surface area contributed by atoms with Gasteiger partial charge in [0.1, 0.15) is 0 Å². The first-order chi connectivity index (χ1) is 9.20. The molecule has 1 aliphatic carbocycles. The van der Waals surface area contributed by atoms with Crippen LogP contribution in [0.25, 0.3) is 0 Å². The highest BCUT2D eigenvalue weighted by molar-refractivity contribution is 6.37. The van der Waals surface area contributed by atoms with Gasteiger partial charge in [-0.15, -0.1) is 0 Å². The van der Waals surface area contributed by atoms with Crippen LogP contribution >= 0.6 is 0 Å². The van der Waals surface area contributed by atoms with E-state index in [0.29, 0.717) is 6.04 Å². The first kappa shape index (κ1) is 13.5. The third-order valence-electron chi connectivity index (χ3n) is 3.13. The van der Waals surface area contributed by atoms with Gasteiger partial charge in [-0.3, -0.25) is 14.6 Å². The number of carbonyl (C=O) groups excluding carboxylic acids is 2. The number of rotatable bonds is 3. The van der Waals surface area contributed by atoms with Crippen molar-refractivity contribution < 1.29 is 23.5 Å². The number of aromatic nitrogens is 2. The smallest absolute Gasteiger partial charge is 0.397 e. The summed E-state index contributed by atoms with van der Waals surface area (Å²) in [4.78, 5) is 22.6. The first-order valence-electron chi connectivity index (χ1n) is 6.57. The van der Waals surface area contributed by atoms with E-state index in [0.717, 1.165) is 12.8 Å². The molecule has 1 saturated carbocycles. The van der Waals surface area contributed by atoms with Gasteiger partial charge < -0.3 is 4.74 Å². The molecule has 1 fully saturated rings. The second-order valence-electron chi connectivity index (χ2n) is 4.51. The van der Waals surface area contributed by atoms with E-state index >= 15 is 0 Å². The number of ether oxygens (including phenoxy) is 1. The summed E-state index contributed by atoms with van der Waals surface area (Å²) >= 11 is 0. The van der Waals surface area contributed by atoms with Crippen molar-refractivity contribution in [3.05, 3.63) is 6.20 Å². The standard InChI is InChI=1S/C12H17N3O4/c1-2-18-12(17)11(16)13-10-8-15(14-19-10)9-6-4-3-5-7-9/h8-9H,2-7H2,1H3/p+1. The minimum atomic E-state index is -0.928. The fourth-order valence-corrected chi connectivity index (χ4v) is 2.19. The third-order valence-corrected chi connectivity index (χ3v) is 3.13. The van der Waals surface area contributed by atoms with E-state index in [1.807, 2.05) is 0 Å². The fourth-order valence-electron chi connectivity index (χ4n) is 2.19. The Labute approximate surface area is 110 Å². The lowest BCUT2D eigenvalue weighted by atomic mass is 9.96. The van der Waals surface area contributed by atoms with Gasteiger partial charge in [-0.25, -0.2) is 4.79 Å². The Bertz CT molecular complexity index is 452. The molecule has 19 heavy (non-hydrogen) atoms. The van der Waals surface area contributed by atoms with Gasteiger partial charge in [-0.2, -0.15) is 0 Å². The van der Waals surface area contributed by atoms with Crippen molar-refractivity contribution >= 4 is 17.8 Å². The van der Waals surface area contributed by atoms with Crippen LogP contribution in [0.15, 0.2) is 10.7 Å². The molecule has 0 saturated heterocycles. The maximum atomic E-state index is 11.4. The molecule has 2 rings (SSSR count). The molecule has 1 N–H and O–H groups in total. The number of amides is 1. The molecule has 1 heterocycles. The Morgan fingerprint density at radius 2 is 2.21 bits per heavy atom. The van der Waals surface area contributed by atoms with Gasteiger partial charge in [0.2, 0.25) is 5.27 Å². The highest BCUT2D eigenvalue weighted by Crippen LogP contribution is 2.23. The van der Waals surface area contributed by atoms with Crippen LogP contribution in [0.5, 0.6) is 0 Å². The maximum Gasteiger partial charge on any atom is 0.397 e. The van der Waals surface area contributed by atoms with Crippen LogP contribution in [0.2, 0.25) is 0 Å². The third kappa shape index (κ3) is 3.52. The van der Waals surface area contributed by atoms with Gasteiger partial charge in [0.05, 0.1) is 6.61 Å². The second kappa shape index (κ2) is 6.31. The molecule has 104 valence electrons. The number of nitrogens with one attached hydrogen (secondary N) is 1. The summed E-state index contributed by atoms with van der Waals surface area (Å²) < 4.78 is 11.3. The van der Waals surface area contributed by atoms with Crippen LogP contribution in [0.3, 0.4) is 0 Å². The van der Waals surface area contributed by atoms with Crippen LogP contribution < -0.4 is 10.00 Å². The Kier molecular flexibility index (Phi) is 4.48. The summed E-state index contributed by atoms with van der Waals surface area (Å²) in [6, 6.07) is 0.311. The Hall–Kier alpha value is -1.92. The van der Waals surface area contributed by atoms with E-state index in [4.69, 9.17) is 4.52 Å². The van der Waals surface area contributed by atoms with Gasteiger partial charge in [0.25, 0.3) is 6.20 Å². The lowest BCUT2D eigenvalue weighted by Gasteiger charge is -2.12. The normalized spacial score (nSPS) is 16.1. The predicted molar refractivity (Wildman–Crippen MR) is 64.1 cm³/mol. The molecule has 1 aliphatic rings. The molecule has 1 amide bonds. The van der Waals surface area contributed by atoms with E-state index in [9.17, 15) is 9.59 Å². The number of hydrogen-bond acceptors (Lipinski definition) is 5. The number of nitrogens with zero attached hydrogens (tertiary/aromatic N) is 2. The van der Waals surface area contributed by atoms with Gasteiger partial charge >= 0.3 is 17.8 Å². The monoisotopic (exact) mass is 268 g/mol. The van der Waals surface area contributed by atoms with Crippen molar-refractivity contribution in [3.63, 3.8) is 0 Å². The average Bonchev–Trinajstić information content (AvgIpc) is 2.88. The van der Waals surface area contributed by atoms with Gasteiger partial charge in [-0.05, 0) is 24.4 Å². The van der Waals surface area contributed by atoms with Crippen LogP contribution in [-0.2, 0) is 14.3 Å². The maximum absolute atomic E-state index is 11.4. The zero-order valence-corrected chi connectivity index (χ0v) is 10.9. The Morgan fingerprint density at radius 1 is 1.47 bits per heavy atom. The Balaban J connectivity index is 1.93. The van der Waals surface area contributed by atoms with Gasteiger partial charge in [-0.1, -0.05) is 6.42 Å². The molecule has 0 spiro atoms. The number of esters is 1. The minimum Gasteiger partial charge on any atom is -0.459 e. The quantitative estimate of drug-likeness (QED) is 0.501. The summed E-state index contributed by atoms with van der Waals surface area (Å²) in [5.74, 6) is -1.62. The van der Waals surface area contributed by atoms with Crippen LogP contribution in [0.1, 0.15) is 45.1 Å². The summed E-state index contributed by atoms with van der Waals surface area (Å²) in [7, 11) is 0. The minimum absolute atomic E-state index is 0.156. The van der Waals surface area contributed by atoms with Crippen molar-refractivity contribution in [1.82, 2.24) is 5.27 Å². The molecule has 0 aliphatic heterocycles. The molecule has 0 radical (unpaired) electrons. The Morgan fingerprint density at radius 3 is 2.89 bits per heavy atom. The van der Waals surface area contributed by atoms with E-state index in [1.165, 1.54) is 19.3 Å². The molecule has 0 aromatic carbocycles. The van der Waals surface area contributed by atoms with Crippen molar-refractivity contribution in [3.8, 4) is 0 Å². The molecule has 1 aromatic heterocycles. The molecule has 0 bridgehead atoms. The summed E-state index contributed by atoms with van der Waals surface area (Å²) in [6.45, 7) is 1.79. The topological polar surface area (TPSA) is 85.3 Å². The SMILES string of the molecule is CCOC(=O)C(=O)Nc1c[n+](C2CCCCC2)no1. The first-order valence-corrected chi connectivity index (χ1v) is 6.57. The van der Waals surface area contributed by atoms with Crippen molar-refractivity contribution in [1.29, 1.82) is 0 Å². The molecular weight excluding hydrogens is 250 g/mol. The van der Waals surface area contributed by atoms with Gasteiger partial charge in [0, 0.05) is 12.8 Å². The molecule has 0 unspecified atom stereocenters. The lowest BCUT2D eigenvalue weighted by Crippen LogP contribution is -2.41. The van der Waals surface area contributed by atoms with Crippen LogP contribution in [0.4, 0.5) is 5.88 Å². The summed E-state index contributed by atoms with van der Waals surface area (Å²) in [5, 5.41) is 6.20. The van der Waals surface area contributed by atoms with Crippen LogP contribution in [0, 0.1) is 0 Å². The molecule has 0 atom stereocenters. The van der Waals surface area contributed by atoms with E-state index in [2.05, 4.69) is 15.3 Å². The zero-order chi connectivity index (χ0) is 13.7. The van der Waals surface area contributed by atoms with E-state index in [-0.39, 0.29) is 12.5 Å². The van der Waals surface area contributed by atoms with Gasteiger partial charge in [0.15, 0.2) is 6.04 Å². The highest BCUT2D eigenvalue weighted by atomic mass is 16.5.